The number of ether oxygens (including phenoxy) is 1. The van der Waals surface area contributed by atoms with Crippen LogP contribution in [0.2, 0.25) is 0 Å². The van der Waals surface area contributed by atoms with Crippen molar-refractivity contribution in [3.63, 3.8) is 0 Å². The summed E-state index contributed by atoms with van der Waals surface area (Å²) in [6.07, 6.45) is 1.67. The summed E-state index contributed by atoms with van der Waals surface area (Å²) in [5, 5.41) is 0. The molecule has 1 aliphatic heterocycles. The third-order valence-electron chi connectivity index (χ3n) is 4.87. The summed E-state index contributed by atoms with van der Waals surface area (Å²) in [6, 6.07) is 17.2. The summed E-state index contributed by atoms with van der Waals surface area (Å²) < 4.78 is 5.76. The summed E-state index contributed by atoms with van der Waals surface area (Å²) >= 11 is 0. The molecule has 0 radical (unpaired) electrons. The fourth-order valence-electron chi connectivity index (χ4n) is 3.50. The number of benzene rings is 2. The second-order valence-electron chi connectivity index (χ2n) is 6.52. The topological polar surface area (TPSA) is 46.6 Å². The molecule has 0 spiro atoms. The lowest BCUT2D eigenvalue weighted by molar-refractivity contribution is 0.0120. The molecule has 2 amide bonds. The van der Waals surface area contributed by atoms with E-state index in [9.17, 15) is 9.59 Å². The second kappa shape index (κ2) is 6.21. The zero-order valence-electron chi connectivity index (χ0n) is 13.4. The van der Waals surface area contributed by atoms with Crippen molar-refractivity contribution in [3.05, 3.63) is 71.3 Å². The standard InChI is InChI=1S/C20H19NO3/c22-19-17-8-4-5-9-18(17)20(23)21(19)16-10-15(11-16)13-24-12-14-6-2-1-3-7-14/h1-9,15-16H,10-13H2. The summed E-state index contributed by atoms with van der Waals surface area (Å²) in [5.74, 6) is 0.122. The highest BCUT2D eigenvalue weighted by atomic mass is 16.5. The number of fused-ring (bicyclic) bond motifs is 1. The van der Waals surface area contributed by atoms with Gasteiger partial charge in [0, 0.05) is 12.6 Å². The van der Waals surface area contributed by atoms with E-state index in [2.05, 4.69) is 0 Å². The lowest BCUT2D eigenvalue weighted by Crippen LogP contribution is -2.48. The number of rotatable bonds is 5. The quantitative estimate of drug-likeness (QED) is 0.794. The van der Waals surface area contributed by atoms with Crippen molar-refractivity contribution in [2.24, 2.45) is 5.92 Å². The van der Waals surface area contributed by atoms with Crippen LogP contribution in [-0.4, -0.2) is 29.4 Å². The van der Waals surface area contributed by atoms with Crippen LogP contribution in [-0.2, 0) is 11.3 Å². The van der Waals surface area contributed by atoms with E-state index in [0.717, 1.165) is 18.4 Å². The molecule has 1 aliphatic carbocycles. The van der Waals surface area contributed by atoms with Crippen LogP contribution in [0.1, 0.15) is 39.1 Å². The predicted molar refractivity (Wildman–Crippen MR) is 89.6 cm³/mol. The number of amides is 2. The van der Waals surface area contributed by atoms with Gasteiger partial charge in [-0.2, -0.15) is 0 Å². The molecule has 1 saturated carbocycles. The molecule has 0 aromatic heterocycles. The number of hydrogen-bond acceptors (Lipinski definition) is 3. The Morgan fingerprint density at radius 3 is 2.08 bits per heavy atom. The van der Waals surface area contributed by atoms with E-state index in [1.165, 1.54) is 4.90 Å². The minimum absolute atomic E-state index is 0.0164. The molecule has 4 rings (SSSR count). The van der Waals surface area contributed by atoms with Crippen LogP contribution in [0.25, 0.3) is 0 Å². The molecule has 0 bridgehead atoms. The van der Waals surface area contributed by atoms with Gasteiger partial charge in [-0.3, -0.25) is 14.5 Å². The summed E-state index contributed by atoms with van der Waals surface area (Å²) in [6.45, 7) is 1.28. The van der Waals surface area contributed by atoms with Crippen molar-refractivity contribution in [1.82, 2.24) is 4.90 Å². The van der Waals surface area contributed by atoms with Gasteiger partial charge in [-0.05, 0) is 36.5 Å². The van der Waals surface area contributed by atoms with Crippen LogP contribution >= 0.6 is 0 Å². The highest BCUT2D eigenvalue weighted by Gasteiger charge is 2.44. The summed E-state index contributed by atoms with van der Waals surface area (Å²) in [7, 11) is 0. The zero-order valence-corrected chi connectivity index (χ0v) is 13.4. The summed E-state index contributed by atoms with van der Waals surface area (Å²) in [4.78, 5) is 26.3. The van der Waals surface area contributed by atoms with Gasteiger partial charge in [0.25, 0.3) is 11.8 Å². The van der Waals surface area contributed by atoms with Crippen LogP contribution in [0.3, 0.4) is 0 Å². The molecule has 1 fully saturated rings. The molecule has 0 unspecified atom stereocenters. The minimum Gasteiger partial charge on any atom is -0.376 e. The van der Waals surface area contributed by atoms with Crippen molar-refractivity contribution in [2.75, 3.05) is 6.61 Å². The molecule has 2 aromatic rings. The maximum Gasteiger partial charge on any atom is 0.261 e. The highest BCUT2D eigenvalue weighted by Crippen LogP contribution is 2.36. The normalized spacial score (nSPS) is 22.4. The first-order valence-electron chi connectivity index (χ1n) is 8.32. The Morgan fingerprint density at radius 1 is 0.875 bits per heavy atom. The molecule has 24 heavy (non-hydrogen) atoms. The molecule has 2 aliphatic rings. The van der Waals surface area contributed by atoms with Crippen molar-refractivity contribution < 1.29 is 14.3 Å². The second-order valence-corrected chi connectivity index (χ2v) is 6.52. The summed E-state index contributed by atoms with van der Waals surface area (Å²) in [5.41, 5.74) is 2.23. The van der Waals surface area contributed by atoms with Crippen molar-refractivity contribution in [2.45, 2.75) is 25.5 Å². The van der Waals surface area contributed by atoms with Crippen molar-refractivity contribution in [1.29, 1.82) is 0 Å². The largest absolute Gasteiger partial charge is 0.376 e. The molecule has 2 aromatic carbocycles. The predicted octanol–water partition coefficient (Wildman–Crippen LogP) is 3.28. The van der Waals surface area contributed by atoms with Gasteiger partial charge in [0.05, 0.1) is 17.7 Å². The van der Waals surface area contributed by atoms with E-state index in [0.29, 0.717) is 30.3 Å². The molecule has 0 atom stereocenters. The Labute approximate surface area is 141 Å². The van der Waals surface area contributed by atoms with Gasteiger partial charge in [-0.25, -0.2) is 0 Å². The highest BCUT2D eigenvalue weighted by molar-refractivity contribution is 6.21. The first kappa shape index (κ1) is 15.1. The third-order valence-corrected chi connectivity index (χ3v) is 4.87. The van der Waals surface area contributed by atoms with Crippen molar-refractivity contribution >= 4 is 11.8 Å². The number of imide groups is 1. The van der Waals surface area contributed by atoms with E-state index in [1.807, 2.05) is 30.3 Å². The van der Waals surface area contributed by atoms with Gasteiger partial charge in [-0.15, -0.1) is 0 Å². The maximum atomic E-state index is 12.4. The van der Waals surface area contributed by atoms with Crippen LogP contribution in [0, 0.1) is 5.92 Å². The first-order chi connectivity index (χ1) is 11.7. The molecule has 4 heteroatoms. The van der Waals surface area contributed by atoms with Gasteiger partial charge in [-0.1, -0.05) is 42.5 Å². The van der Waals surface area contributed by atoms with E-state index >= 15 is 0 Å². The molecule has 1 heterocycles. The van der Waals surface area contributed by atoms with Gasteiger partial charge in [0.1, 0.15) is 0 Å². The number of hydrogen-bond donors (Lipinski definition) is 0. The van der Waals surface area contributed by atoms with E-state index in [1.54, 1.807) is 24.3 Å². The monoisotopic (exact) mass is 321 g/mol. The van der Waals surface area contributed by atoms with Crippen LogP contribution in [0.4, 0.5) is 0 Å². The third kappa shape index (κ3) is 2.63. The van der Waals surface area contributed by atoms with E-state index in [4.69, 9.17) is 4.74 Å². The van der Waals surface area contributed by atoms with Gasteiger partial charge < -0.3 is 4.74 Å². The molecule has 0 saturated heterocycles. The Bertz CT molecular complexity index is 730. The Kier molecular flexibility index (Phi) is 3.90. The average molecular weight is 321 g/mol. The molecule has 122 valence electrons. The number of nitrogens with zero attached hydrogens (tertiary/aromatic N) is 1. The maximum absolute atomic E-state index is 12.4. The van der Waals surface area contributed by atoms with Crippen LogP contribution < -0.4 is 0 Å². The molecular weight excluding hydrogens is 302 g/mol. The first-order valence-corrected chi connectivity index (χ1v) is 8.32. The average Bonchev–Trinajstić information content (AvgIpc) is 2.83. The number of carbonyl (C=O) groups excluding carboxylic acids is 2. The SMILES string of the molecule is O=C1c2ccccc2C(=O)N1C1CC(COCc2ccccc2)C1. The molecular formula is C20H19NO3. The zero-order chi connectivity index (χ0) is 16.5. The fourth-order valence-corrected chi connectivity index (χ4v) is 3.50. The van der Waals surface area contributed by atoms with Crippen LogP contribution in [0.5, 0.6) is 0 Å². The lowest BCUT2D eigenvalue weighted by atomic mass is 9.80. The smallest absolute Gasteiger partial charge is 0.261 e. The Balaban J connectivity index is 1.29. The Morgan fingerprint density at radius 2 is 1.46 bits per heavy atom. The fraction of sp³-hybridized carbons (Fsp3) is 0.300. The van der Waals surface area contributed by atoms with Gasteiger partial charge in [0.15, 0.2) is 0 Å². The van der Waals surface area contributed by atoms with Gasteiger partial charge >= 0.3 is 0 Å². The molecule has 4 nitrogen and oxygen atoms in total. The van der Waals surface area contributed by atoms with E-state index < -0.39 is 0 Å². The lowest BCUT2D eigenvalue weighted by Gasteiger charge is -2.39. The molecule has 0 N–H and O–H groups in total. The van der Waals surface area contributed by atoms with Gasteiger partial charge in [0.2, 0.25) is 0 Å². The van der Waals surface area contributed by atoms with Crippen molar-refractivity contribution in [3.8, 4) is 0 Å². The Hall–Kier alpha value is -2.46. The number of carbonyl (C=O) groups is 2. The van der Waals surface area contributed by atoms with E-state index in [-0.39, 0.29) is 17.9 Å². The van der Waals surface area contributed by atoms with Crippen LogP contribution in [0.15, 0.2) is 54.6 Å². The minimum atomic E-state index is -0.149.